The maximum atomic E-state index is 13.1. The Hall–Kier alpha value is -2.63. The van der Waals surface area contributed by atoms with E-state index in [0.717, 1.165) is 5.56 Å². The molecule has 34 heavy (non-hydrogen) atoms. The number of nitrogens with one attached hydrogen (secondary N) is 2. The van der Waals surface area contributed by atoms with Crippen molar-refractivity contribution in [3.8, 4) is 0 Å². The summed E-state index contributed by atoms with van der Waals surface area (Å²) in [4.78, 5) is 51.5. The summed E-state index contributed by atoms with van der Waals surface area (Å²) >= 11 is 4.21. The fourth-order valence-corrected chi connectivity index (χ4v) is 4.19. The number of nitrogens with two attached hydrogens (primary N) is 2. The molecule has 188 valence electrons. The molecule has 4 atom stereocenters. The Morgan fingerprint density at radius 1 is 1.12 bits per heavy atom. The molecule has 10 nitrogen and oxygen atoms in total. The van der Waals surface area contributed by atoms with Crippen molar-refractivity contribution >= 4 is 36.3 Å². The molecule has 11 heteroatoms. The number of carbonyl (C=O) groups is 4. The fourth-order valence-electron chi connectivity index (χ4n) is 3.95. The molecule has 1 aromatic carbocycles. The van der Waals surface area contributed by atoms with Crippen LogP contribution < -0.4 is 22.1 Å². The van der Waals surface area contributed by atoms with Crippen molar-refractivity contribution in [2.45, 2.75) is 62.7 Å². The highest BCUT2D eigenvalue weighted by Crippen LogP contribution is 2.19. The number of benzene rings is 1. The summed E-state index contributed by atoms with van der Waals surface area (Å²) < 4.78 is 0. The van der Waals surface area contributed by atoms with E-state index in [1.54, 1.807) is 0 Å². The number of nitrogens with zero attached hydrogens (tertiary/aromatic N) is 1. The van der Waals surface area contributed by atoms with Crippen LogP contribution in [-0.4, -0.2) is 76.7 Å². The van der Waals surface area contributed by atoms with Gasteiger partial charge in [0.1, 0.15) is 18.1 Å². The zero-order chi connectivity index (χ0) is 25.1. The molecule has 0 radical (unpaired) electrons. The highest BCUT2D eigenvalue weighted by Gasteiger charge is 2.38. The van der Waals surface area contributed by atoms with Gasteiger partial charge in [-0.15, -0.1) is 0 Å². The molecule has 7 N–H and O–H groups in total. The van der Waals surface area contributed by atoms with Crippen LogP contribution in [0, 0.1) is 0 Å². The molecule has 0 aliphatic carbocycles. The predicted octanol–water partition coefficient (Wildman–Crippen LogP) is -0.340. The Labute approximate surface area is 205 Å². The van der Waals surface area contributed by atoms with Crippen LogP contribution in [0.1, 0.15) is 37.7 Å². The van der Waals surface area contributed by atoms with E-state index < -0.39 is 47.9 Å². The second-order valence-corrected chi connectivity index (χ2v) is 8.78. The first-order valence-electron chi connectivity index (χ1n) is 11.5. The Balaban J connectivity index is 1.98. The van der Waals surface area contributed by atoms with Crippen LogP contribution in [0.5, 0.6) is 0 Å². The van der Waals surface area contributed by atoms with Crippen molar-refractivity contribution in [1.29, 1.82) is 0 Å². The van der Waals surface area contributed by atoms with Crippen molar-refractivity contribution in [2.75, 3.05) is 18.8 Å². The van der Waals surface area contributed by atoms with E-state index in [2.05, 4.69) is 23.3 Å². The normalized spacial score (nSPS) is 18.1. The number of carboxylic acid groups (broad SMARTS) is 1. The van der Waals surface area contributed by atoms with Gasteiger partial charge in [-0.25, -0.2) is 4.79 Å². The van der Waals surface area contributed by atoms with Crippen LogP contribution in [0.4, 0.5) is 0 Å². The summed E-state index contributed by atoms with van der Waals surface area (Å²) in [6, 6.07) is 5.65. The Morgan fingerprint density at radius 2 is 1.82 bits per heavy atom. The second kappa shape index (κ2) is 13.9. The Bertz CT molecular complexity index is 840. The summed E-state index contributed by atoms with van der Waals surface area (Å²) in [6.07, 6.45) is 2.80. The quantitative estimate of drug-likeness (QED) is 0.161. The number of amides is 3. The van der Waals surface area contributed by atoms with E-state index in [1.165, 1.54) is 4.90 Å². The standard InChI is InChI=1S/C23H35N5O5S/c24-11-5-4-9-17(23(32)33)26-21(30)19-10-6-12-28(19)22(31)18(14-34)27-20(29)16(25)13-15-7-2-1-3-8-15/h1-3,7-8,16-19,34H,4-6,9-14,24-25H2,(H,26,30)(H,27,29)(H,32,33). The average molecular weight is 494 g/mol. The third-order valence-electron chi connectivity index (χ3n) is 5.83. The molecular weight excluding hydrogens is 458 g/mol. The smallest absolute Gasteiger partial charge is 0.326 e. The number of unbranched alkanes of at least 4 members (excludes halogenated alkanes) is 1. The Kier molecular flexibility index (Phi) is 11.3. The van der Waals surface area contributed by atoms with E-state index in [0.29, 0.717) is 45.2 Å². The topological polar surface area (TPSA) is 168 Å². The molecule has 1 aliphatic rings. The summed E-state index contributed by atoms with van der Waals surface area (Å²) in [5.74, 6) is -2.54. The number of hydrogen-bond donors (Lipinski definition) is 6. The van der Waals surface area contributed by atoms with Gasteiger partial charge in [-0.3, -0.25) is 14.4 Å². The maximum Gasteiger partial charge on any atom is 0.326 e. The van der Waals surface area contributed by atoms with Crippen molar-refractivity contribution < 1.29 is 24.3 Å². The van der Waals surface area contributed by atoms with E-state index >= 15 is 0 Å². The van der Waals surface area contributed by atoms with Crippen LogP contribution in [0.15, 0.2) is 30.3 Å². The van der Waals surface area contributed by atoms with Crippen molar-refractivity contribution in [3.05, 3.63) is 35.9 Å². The first-order valence-corrected chi connectivity index (χ1v) is 12.2. The summed E-state index contributed by atoms with van der Waals surface area (Å²) in [7, 11) is 0. The molecule has 1 fully saturated rings. The Morgan fingerprint density at radius 3 is 2.44 bits per heavy atom. The third-order valence-corrected chi connectivity index (χ3v) is 6.20. The summed E-state index contributed by atoms with van der Waals surface area (Å²) in [5.41, 5.74) is 12.4. The van der Waals surface area contributed by atoms with Crippen LogP contribution in [-0.2, 0) is 25.6 Å². The maximum absolute atomic E-state index is 13.1. The molecule has 3 amide bonds. The number of carboxylic acids is 1. The lowest BCUT2D eigenvalue weighted by Gasteiger charge is -2.29. The van der Waals surface area contributed by atoms with Gasteiger partial charge in [-0.05, 0) is 50.6 Å². The lowest BCUT2D eigenvalue weighted by atomic mass is 10.1. The first-order chi connectivity index (χ1) is 16.3. The van der Waals surface area contributed by atoms with E-state index in [1.807, 2.05) is 30.3 Å². The first kappa shape index (κ1) is 27.6. The summed E-state index contributed by atoms with van der Waals surface area (Å²) in [6.45, 7) is 0.773. The predicted molar refractivity (Wildman–Crippen MR) is 131 cm³/mol. The number of rotatable bonds is 13. The van der Waals surface area contributed by atoms with Crippen LogP contribution in [0.2, 0.25) is 0 Å². The molecule has 0 saturated carbocycles. The lowest BCUT2D eigenvalue weighted by Crippen LogP contribution is -2.57. The molecule has 0 bridgehead atoms. The molecule has 1 aliphatic heterocycles. The minimum atomic E-state index is -1.13. The zero-order valence-electron chi connectivity index (χ0n) is 19.2. The molecule has 2 rings (SSSR count). The molecule has 0 spiro atoms. The SMILES string of the molecule is NCCCCC(NC(=O)C1CCCN1C(=O)C(CS)NC(=O)C(N)Cc1ccccc1)C(=O)O. The summed E-state index contributed by atoms with van der Waals surface area (Å²) in [5, 5.41) is 14.6. The van der Waals surface area contributed by atoms with Gasteiger partial charge in [0.25, 0.3) is 0 Å². The number of aliphatic carboxylic acids is 1. The second-order valence-electron chi connectivity index (χ2n) is 8.41. The van der Waals surface area contributed by atoms with Gasteiger partial charge >= 0.3 is 5.97 Å². The minimum Gasteiger partial charge on any atom is -0.480 e. The van der Waals surface area contributed by atoms with E-state index in [-0.39, 0.29) is 12.2 Å². The molecule has 1 aromatic rings. The number of likely N-dealkylation sites (tertiary alicyclic amines) is 1. The van der Waals surface area contributed by atoms with Gasteiger partial charge in [-0.2, -0.15) is 12.6 Å². The van der Waals surface area contributed by atoms with E-state index in [9.17, 15) is 24.3 Å². The fraction of sp³-hybridized carbons (Fsp3) is 0.565. The van der Waals surface area contributed by atoms with E-state index in [4.69, 9.17) is 11.5 Å². The van der Waals surface area contributed by atoms with Gasteiger partial charge in [0.05, 0.1) is 6.04 Å². The zero-order valence-corrected chi connectivity index (χ0v) is 20.1. The van der Waals surface area contributed by atoms with Crippen molar-refractivity contribution in [1.82, 2.24) is 15.5 Å². The van der Waals surface area contributed by atoms with Gasteiger partial charge in [0.2, 0.25) is 17.7 Å². The number of carbonyl (C=O) groups excluding carboxylic acids is 3. The van der Waals surface area contributed by atoms with Crippen LogP contribution in [0.25, 0.3) is 0 Å². The molecule has 0 aromatic heterocycles. The largest absolute Gasteiger partial charge is 0.480 e. The molecular formula is C23H35N5O5S. The van der Waals surface area contributed by atoms with Gasteiger partial charge in [-0.1, -0.05) is 30.3 Å². The number of thiol groups is 1. The third kappa shape index (κ3) is 8.00. The van der Waals surface area contributed by atoms with Crippen LogP contribution >= 0.6 is 12.6 Å². The van der Waals surface area contributed by atoms with Crippen LogP contribution in [0.3, 0.4) is 0 Å². The number of hydrogen-bond acceptors (Lipinski definition) is 7. The van der Waals surface area contributed by atoms with Gasteiger partial charge in [0.15, 0.2) is 0 Å². The highest BCUT2D eigenvalue weighted by molar-refractivity contribution is 7.80. The molecule has 4 unspecified atom stereocenters. The minimum absolute atomic E-state index is 0.0321. The molecule has 1 saturated heterocycles. The average Bonchev–Trinajstić information content (AvgIpc) is 3.32. The van der Waals surface area contributed by atoms with Crippen molar-refractivity contribution in [2.24, 2.45) is 11.5 Å². The van der Waals surface area contributed by atoms with Crippen molar-refractivity contribution in [3.63, 3.8) is 0 Å². The van der Waals surface area contributed by atoms with Gasteiger partial charge < -0.3 is 32.1 Å². The highest BCUT2D eigenvalue weighted by atomic mass is 32.1. The van der Waals surface area contributed by atoms with Gasteiger partial charge in [0, 0.05) is 12.3 Å². The molecule has 1 heterocycles. The monoisotopic (exact) mass is 493 g/mol. The lowest BCUT2D eigenvalue weighted by molar-refractivity contribution is -0.144.